The largest absolute Gasteiger partial charge is 0.493 e. The lowest BCUT2D eigenvalue weighted by molar-refractivity contribution is 0.0684. The predicted molar refractivity (Wildman–Crippen MR) is 171 cm³/mol. The van der Waals surface area contributed by atoms with Gasteiger partial charge in [0.25, 0.3) is 0 Å². The van der Waals surface area contributed by atoms with E-state index in [0.29, 0.717) is 44.8 Å². The maximum Gasteiger partial charge on any atom is 0.352 e. The molecule has 0 fully saturated rings. The molecule has 0 unspecified atom stereocenters. The molecular weight excluding hydrogens is 536 g/mol. The molecule has 4 aromatic carbocycles. The van der Waals surface area contributed by atoms with Crippen LogP contribution in [0.3, 0.4) is 0 Å². The third-order valence-corrected chi connectivity index (χ3v) is 8.63. The molecule has 0 amide bonds. The van der Waals surface area contributed by atoms with Crippen molar-refractivity contribution in [3.8, 4) is 16.9 Å². The van der Waals surface area contributed by atoms with Crippen LogP contribution >= 0.6 is 0 Å². The summed E-state index contributed by atoms with van der Waals surface area (Å²) in [6.45, 7) is 4.43. The number of aromatic nitrogens is 3. The van der Waals surface area contributed by atoms with Crippen LogP contribution in [0.4, 0.5) is 5.69 Å². The summed E-state index contributed by atoms with van der Waals surface area (Å²) in [7, 11) is 2.00. The maximum atomic E-state index is 13.0. The second kappa shape index (κ2) is 11.0. The van der Waals surface area contributed by atoms with Crippen molar-refractivity contribution in [1.82, 2.24) is 14.3 Å². The van der Waals surface area contributed by atoms with Crippen LogP contribution in [0.5, 0.6) is 5.75 Å². The van der Waals surface area contributed by atoms with Crippen LogP contribution in [-0.2, 0) is 26.6 Å². The summed E-state index contributed by atoms with van der Waals surface area (Å²) in [6, 6.07) is 30.8. The van der Waals surface area contributed by atoms with Gasteiger partial charge in [0.05, 0.1) is 30.1 Å². The van der Waals surface area contributed by atoms with E-state index in [4.69, 9.17) is 9.84 Å². The molecule has 1 aliphatic rings. The molecule has 0 aliphatic carbocycles. The number of fused-ring (bicyclic) bond motifs is 3. The monoisotopic (exact) mass is 570 g/mol. The molecule has 0 saturated heterocycles. The SMILES string of the molecule is Cc1nn(C)c2c1-c1cccc3c(CCCOc4cccc5ccccc45)c(C(=O)O)n(c13)CCN(c1ccccc1)C2. The van der Waals surface area contributed by atoms with Gasteiger partial charge in [-0.25, -0.2) is 4.79 Å². The summed E-state index contributed by atoms with van der Waals surface area (Å²) < 4.78 is 10.2. The second-order valence-electron chi connectivity index (χ2n) is 11.2. The van der Waals surface area contributed by atoms with Crippen molar-refractivity contribution in [2.75, 3.05) is 18.1 Å². The zero-order chi connectivity index (χ0) is 29.5. The fourth-order valence-electron chi connectivity index (χ4n) is 6.73. The lowest BCUT2D eigenvalue weighted by atomic mass is 9.98. The van der Waals surface area contributed by atoms with Crippen molar-refractivity contribution in [2.24, 2.45) is 7.05 Å². The number of benzene rings is 4. The summed E-state index contributed by atoms with van der Waals surface area (Å²) in [6.07, 6.45) is 1.29. The van der Waals surface area contributed by atoms with Crippen molar-refractivity contribution in [3.05, 3.63) is 114 Å². The summed E-state index contributed by atoms with van der Waals surface area (Å²) in [5.74, 6) is -0.0511. The van der Waals surface area contributed by atoms with Crippen LogP contribution in [0.15, 0.2) is 91.0 Å². The van der Waals surface area contributed by atoms with E-state index in [-0.39, 0.29) is 0 Å². The summed E-state index contributed by atoms with van der Waals surface area (Å²) in [5.41, 5.74) is 7.47. The Morgan fingerprint density at radius 3 is 2.49 bits per heavy atom. The van der Waals surface area contributed by atoms with Crippen LogP contribution in [0.2, 0.25) is 0 Å². The molecule has 7 rings (SSSR count). The van der Waals surface area contributed by atoms with Crippen molar-refractivity contribution >= 4 is 33.3 Å². The van der Waals surface area contributed by atoms with E-state index < -0.39 is 5.97 Å². The molecule has 1 N–H and O–H groups in total. The summed E-state index contributed by atoms with van der Waals surface area (Å²) in [5, 5.41) is 18.7. The van der Waals surface area contributed by atoms with Crippen LogP contribution < -0.4 is 9.64 Å². The Labute approximate surface area is 250 Å². The van der Waals surface area contributed by atoms with Crippen molar-refractivity contribution in [2.45, 2.75) is 32.9 Å². The Balaban J connectivity index is 1.29. The van der Waals surface area contributed by atoms with Gasteiger partial charge in [-0.05, 0) is 48.9 Å². The molecule has 216 valence electrons. The number of rotatable bonds is 7. The van der Waals surface area contributed by atoms with Crippen LogP contribution in [-0.4, -0.2) is 38.6 Å². The van der Waals surface area contributed by atoms with Gasteiger partial charge in [-0.3, -0.25) is 4.68 Å². The van der Waals surface area contributed by atoms with Crippen molar-refractivity contribution in [1.29, 1.82) is 0 Å². The molecule has 7 nitrogen and oxygen atoms in total. The number of carboxylic acids is 1. The topological polar surface area (TPSA) is 72.5 Å². The van der Waals surface area contributed by atoms with Gasteiger partial charge in [-0.2, -0.15) is 5.10 Å². The lowest BCUT2D eigenvalue weighted by Crippen LogP contribution is -2.28. The Morgan fingerprint density at radius 1 is 0.907 bits per heavy atom. The molecule has 6 aromatic rings. The minimum Gasteiger partial charge on any atom is -0.493 e. The van der Waals surface area contributed by atoms with Gasteiger partial charge in [0, 0.05) is 47.7 Å². The van der Waals surface area contributed by atoms with Gasteiger partial charge < -0.3 is 19.3 Å². The first-order valence-corrected chi connectivity index (χ1v) is 14.8. The number of aryl methyl sites for hydroxylation is 3. The highest BCUT2D eigenvalue weighted by atomic mass is 16.5. The number of nitrogens with zero attached hydrogens (tertiary/aromatic N) is 4. The molecule has 2 aromatic heterocycles. The smallest absolute Gasteiger partial charge is 0.352 e. The quantitative estimate of drug-likeness (QED) is 0.205. The molecule has 1 aliphatic heterocycles. The fourth-order valence-corrected chi connectivity index (χ4v) is 6.73. The Morgan fingerprint density at radius 2 is 1.65 bits per heavy atom. The highest BCUT2D eigenvalue weighted by Gasteiger charge is 2.29. The third kappa shape index (κ3) is 4.71. The summed E-state index contributed by atoms with van der Waals surface area (Å²) >= 11 is 0. The van der Waals surface area contributed by atoms with Gasteiger partial charge in [0.15, 0.2) is 0 Å². The van der Waals surface area contributed by atoms with E-state index in [2.05, 4.69) is 47.4 Å². The first kappa shape index (κ1) is 26.8. The molecule has 0 radical (unpaired) electrons. The minimum atomic E-state index is -0.902. The van der Waals surface area contributed by atoms with Crippen molar-refractivity contribution in [3.63, 3.8) is 0 Å². The van der Waals surface area contributed by atoms with Crippen LogP contribution in [0, 0.1) is 6.92 Å². The van der Waals surface area contributed by atoms with E-state index in [1.165, 1.54) is 0 Å². The molecular formula is C36H34N4O3. The lowest BCUT2D eigenvalue weighted by Gasteiger charge is -2.25. The minimum absolute atomic E-state index is 0.366. The van der Waals surface area contributed by atoms with E-state index in [9.17, 15) is 9.90 Å². The molecule has 43 heavy (non-hydrogen) atoms. The number of hydrogen-bond acceptors (Lipinski definition) is 4. The Kier molecular flexibility index (Phi) is 6.86. The number of aromatic carboxylic acids is 1. The average Bonchev–Trinajstić information content (AvgIpc) is 3.51. The third-order valence-electron chi connectivity index (χ3n) is 8.63. The maximum absolute atomic E-state index is 13.0. The predicted octanol–water partition coefficient (Wildman–Crippen LogP) is 7.23. The van der Waals surface area contributed by atoms with Gasteiger partial charge in [0.2, 0.25) is 0 Å². The van der Waals surface area contributed by atoms with Crippen molar-refractivity contribution < 1.29 is 14.6 Å². The number of carbonyl (C=O) groups is 1. The molecule has 0 spiro atoms. The molecule has 0 bridgehead atoms. The molecule has 7 heteroatoms. The zero-order valence-corrected chi connectivity index (χ0v) is 24.5. The number of ether oxygens (including phenoxy) is 1. The average molecular weight is 571 g/mol. The van der Waals surface area contributed by atoms with E-state index in [1.54, 1.807) is 0 Å². The zero-order valence-electron chi connectivity index (χ0n) is 24.5. The Bertz CT molecular complexity index is 1970. The number of carboxylic acid groups (broad SMARTS) is 1. The molecule has 3 heterocycles. The normalized spacial score (nSPS) is 13.0. The van der Waals surface area contributed by atoms with Crippen LogP contribution in [0.25, 0.3) is 32.8 Å². The van der Waals surface area contributed by atoms with Gasteiger partial charge >= 0.3 is 5.97 Å². The van der Waals surface area contributed by atoms with E-state index >= 15 is 0 Å². The van der Waals surface area contributed by atoms with Gasteiger partial charge in [-0.1, -0.05) is 72.8 Å². The summed E-state index contributed by atoms with van der Waals surface area (Å²) in [4.78, 5) is 15.3. The standard InChI is InChI=1S/C36H34N4O3/c1-24-33-30-17-9-16-28-29(18-10-22-43-32-19-8-12-25-11-6-7-15-27(25)32)35(36(41)42)40(34(28)30)21-20-39(23-31(33)38(2)37-24)26-13-4-3-5-14-26/h3-9,11-17,19H,10,18,20-23H2,1-2H3,(H,41,42). The number of hydrogen-bond donors (Lipinski definition) is 1. The second-order valence-corrected chi connectivity index (χ2v) is 11.2. The number of para-hydroxylation sites is 2. The van der Waals surface area contributed by atoms with E-state index in [0.717, 1.165) is 61.2 Å². The van der Waals surface area contributed by atoms with Crippen LogP contribution in [0.1, 0.15) is 33.9 Å². The number of anilines is 1. The highest BCUT2D eigenvalue weighted by Crippen LogP contribution is 2.39. The first-order chi connectivity index (χ1) is 21.0. The first-order valence-electron chi connectivity index (χ1n) is 14.8. The molecule has 0 atom stereocenters. The fraction of sp³-hybridized carbons (Fsp3) is 0.222. The molecule has 0 saturated carbocycles. The Hall–Kier alpha value is -5.04. The highest BCUT2D eigenvalue weighted by molar-refractivity contribution is 6.04. The van der Waals surface area contributed by atoms with Gasteiger partial charge in [0.1, 0.15) is 11.4 Å². The van der Waals surface area contributed by atoms with E-state index in [1.807, 2.05) is 71.8 Å². The van der Waals surface area contributed by atoms with Gasteiger partial charge in [-0.15, -0.1) is 0 Å².